The van der Waals surface area contributed by atoms with Crippen molar-refractivity contribution in [1.82, 2.24) is 10.3 Å². The van der Waals surface area contributed by atoms with E-state index in [2.05, 4.69) is 10.3 Å². The number of aromatic nitrogens is 1. The highest BCUT2D eigenvalue weighted by Crippen LogP contribution is 2.35. The van der Waals surface area contributed by atoms with Crippen molar-refractivity contribution in [2.45, 2.75) is 39.2 Å². The summed E-state index contributed by atoms with van der Waals surface area (Å²) in [6.45, 7) is 5.00. The normalized spacial score (nSPS) is 17.9. The van der Waals surface area contributed by atoms with Crippen LogP contribution in [0.15, 0.2) is 29.9 Å². The summed E-state index contributed by atoms with van der Waals surface area (Å²) in [5.41, 5.74) is 1.55. The number of carbonyl (C=O) groups is 1. The van der Waals surface area contributed by atoms with Gasteiger partial charge < -0.3 is 19.9 Å². The molecule has 1 aliphatic heterocycles. The topological polar surface area (TPSA) is 80.7 Å². The van der Waals surface area contributed by atoms with Crippen molar-refractivity contribution >= 4 is 5.91 Å². The molecule has 0 aliphatic carbocycles. The van der Waals surface area contributed by atoms with E-state index in [0.717, 1.165) is 24.8 Å². The average Bonchev–Trinajstić information content (AvgIpc) is 3.16. The van der Waals surface area contributed by atoms with Gasteiger partial charge in [0.1, 0.15) is 0 Å². The van der Waals surface area contributed by atoms with Crippen molar-refractivity contribution in [3.63, 3.8) is 0 Å². The molecule has 1 unspecified atom stereocenters. The van der Waals surface area contributed by atoms with E-state index >= 15 is 0 Å². The molecule has 0 bridgehead atoms. The van der Waals surface area contributed by atoms with E-state index in [9.17, 15) is 9.90 Å². The third kappa shape index (κ3) is 4.82. The second-order valence-corrected chi connectivity index (χ2v) is 5.81. The zero-order valence-electron chi connectivity index (χ0n) is 15.0. The summed E-state index contributed by atoms with van der Waals surface area (Å²) in [5, 5.41) is 13.1. The first kappa shape index (κ1) is 19.0. The van der Waals surface area contributed by atoms with Crippen LogP contribution in [0.25, 0.3) is 0 Å². The van der Waals surface area contributed by atoms with Gasteiger partial charge in [-0.3, -0.25) is 4.79 Å². The summed E-state index contributed by atoms with van der Waals surface area (Å²) in [4.78, 5) is 16.8. The van der Waals surface area contributed by atoms with Crippen LogP contribution in [0.3, 0.4) is 0 Å². The van der Waals surface area contributed by atoms with Crippen molar-refractivity contribution in [2.24, 2.45) is 0 Å². The van der Waals surface area contributed by atoms with Crippen LogP contribution in [0.5, 0.6) is 11.5 Å². The number of ether oxygens (including phenoxy) is 2. The number of rotatable bonds is 7. The highest BCUT2D eigenvalue weighted by Gasteiger charge is 2.25. The van der Waals surface area contributed by atoms with E-state index in [-0.39, 0.29) is 23.3 Å². The summed E-state index contributed by atoms with van der Waals surface area (Å²) in [6.07, 6.45) is 8.48. The monoisotopic (exact) mass is 346 g/mol. The lowest BCUT2D eigenvalue weighted by molar-refractivity contribution is 0.0941. The minimum atomic E-state index is -0.445. The Morgan fingerprint density at radius 2 is 2.36 bits per heavy atom. The van der Waals surface area contributed by atoms with Gasteiger partial charge in [0.2, 0.25) is 0 Å². The van der Waals surface area contributed by atoms with Gasteiger partial charge in [-0.25, -0.2) is 4.98 Å². The SMILES string of the molecule is C/C=C(\C=C/CC)CNC(=O)c1nc(C2CCCO2)cc(OC)c1O. The number of methoxy groups -OCH3 is 1. The molecule has 1 aromatic heterocycles. The molecule has 6 heteroatoms. The molecule has 136 valence electrons. The lowest BCUT2D eigenvalue weighted by Crippen LogP contribution is -2.27. The van der Waals surface area contributed by atoms with E-state index in [0.29, 0.717) is 18.8 Å². The van der Waals surface area contributed by atoms with Crippen LogP contribution in [-0.2, 0) is 4.74 Å². The van der Waals surface area contributed by atoms with E-state index in [1.54, 1.807) is 6.07 Å². The van der Waals surface area contributed by atoms with Gasteiger partial charge in [0.15, 0.2) is 17.2 Å². The fourth-order valence-corrected chi connectivity index (χ4v) is 2.62. The molecule has 2 N–H and O–H groups in total. The fourth-order valence-electron chi connectivity index (χ4n) is 2.62. The Labute approximate surface area is 148 Å². The minimum Gasteiger partial charge on any atom is -0.503 e. The molecular formula is C19H26N2O4. The van der Waals surface area contributed by atoms with Crippen molar-refractivity contribution in [3.8, 4) is 11.5 Å². The molecule has 0 radical (unpaired) electrons. The van der Waals surface area contributed by atoms with Crippen LogP contribution in [0.2, 0.25) is 0 Å². The predicted octanol–water partition coefficient (Wildman–Crippen LogP) is 3.29. The molecule has 1 fully saturated rings. The van der Waals surface area contributed by atoms with Crippen LogP contribution < -0.4 is 10.1 Å². The van der Waals surface area contributed by atoms with Gasteiger partial charge in [0.25, 0.3) is 5.91 Å². The zero-order chi connectivity index (χ0) is 18.2. The molecule has 2 rings (SSSR count). The van der Waals surface area contributed by atoms with Crippen molar-refractivity contribution < 1.29 is 19.4 Å². The van der Waals surface area contributed by atoms with Gasteiger partial charge in [-0.1, -0.05) is 25.2 Å². The molecule has 6 nitrogen and oxygen atoms in total. The third-order valence-corrected chi connectivity index (χ3v) is 4.06. The summed E-state index contributed by atoms with van der Waals surface area (Å²) in [5.74, 6) is -0.476. The number of nitrogens with one attached hydrogen (secondary N) is 1. The summed E-state index contributed by atoms with van der Waals surface area (Å²) < 4.78 is 10.8. The number of hydrogen-bond acceptors (Lipinski definition) is 5. The smallest absolute Gasteiger partial charge is 0.274 e. The first-order valence-corrected chi connectivity index (χ1v) is 8.60. The highest BCUT2D eigenvalue weighted by atomic mass is 16.5. The van der Waals surface area contributed by atoms with Gasteiger partial charge >= 0.3 is 0 Å². The Bertz CT molecular complexity index is 662. The molecular weight excluding hydrogens is 320 g/mol. The van der Waals surface area contributed by atoms with Crippen LogP contribution in [0.4, 0.5) is 0 Å². The predicted molar refractivity (Wildman–Crippen MR) is 95.9 cm³/mol. The van der Waals surface area contributed by atoms with Crippen molar-refractivity contribution in [1.29, 1.82) is 0 Å². The molecule has 2 heterocycles. The molecule has 1 aliphatic rings. The molecule has 0 saturated carbocycles. The highest BCUT2D eigenvalue weighted by molar-refractivity contribution is 5.95. The number of amides is 1. The Hall–Kier alpha value is -2.34. The van der Waals surface area contributed by atoms with E-state index in [4.69, 9.17) is 9.47 Å². The Morgan fingerprint density at radius 1 is 1.56 bits per heavy atom. The molecule has 25 heavy (non-hydrogen) atoms. The van der Waals surface area contributed by atoms with Crippen molar-refractivity contribution in [3.05, 3.63) is 41.3 Å². The molecule has 0 spiro atoms. The number of nitrogens with zero attached hydrogens (tertiary/aromatic N) is 1. The van der Waals surface area contributed by atoms with Crippen LogP contribution >= 0.6 is 0 Å². The number of aromatic hydroxyl groups is 1. The number of pyridine rings is 1. The largest absolute Gasteiger partial charge is 0.503 e. The summed E-state index contributed by atoms with van der Waals surface area (Å²) in [7, 11) is 1.45. The Morgan fingerprint density at radius 3 is 2.96 bits per heavy atom. The first-order chi connectivity index (χ1) is 12.1. The molecule has 1 aromatic rings. The van der Waals surface area contributed by atoms with E-state index in [1.807, 2.05) is 32.1 Å². The maximum absolute atomic E-state index is 12.5. The van der Waals surface area contributed by atoms with Gasteiger partial charge in [-0.2, -0.15) is 0 Å². The quantitative estimate of drug-likeness (QED) is 0.741. The van der Waals surface area contributed by atoms with Crippen LogP contribution in [0.1, 0.15) is 55.4 Å². The summed E-state index contributed by atoms with van der Waals surface area (Å²) in [6, 6.07) is 1.63. The lowest BCUT2D eigenvalue weighted by Gasteiger charge is -2.14. The summed E-state index contributed by atoms with van der Waals surface area (Å²) >= 11 is 0. The second-order valence-electron chi connectivity index (χ2n) is 5.81. The van der Waals surface area contributed by atoms with E-state index < -0.39 is 5.91 Å². The van der Waals surface area contributed by atoms with Gasteiger partial charge in [0, 0.05) is 19.2 Å². The van der Waals surface area contributed by atoms with Gasteiger partial charge in [-0.05, 0) is 31.8 Å². The van der Waals surface area contributed by atoms with Gasteiger partial charge in [-0.15, -0.1) is 0 Å². The maximum Gasteiger partial charge on any atom is 0.274 e. The fraction of sp³-hybridized carbons (Fsp3) is 0.474. The van der Waals surface area contributed by atoms with Gasteiger partial charge in [0.05, 0.1) is 18.9 Å². The molecule has 1 amide bonds. The second kappa shape index (κ2) is 9.22. The molecule has 1 atom stereocenters. The third-order valence-electron chi connectivity index (χ3n) is 4.06. The number of carbonyl (C=O) groups excluding carboxylic acids is 1. The Kier molecular flexibility index (Phi) is 7.01. The minimum absolute atomic E-state index is 0.0419. The van der Waals surface area contributed by atoms with Crippen molar-refractivity contribution in [2.75, 3.05) is 20.3 Å². The Balaban J connectivity index is 2.19. The lowest BCUT2D eigenvalue weighted by atomic mass is 10.1. The molecule has 1 saturated heterocycles. The standard InChI is InChI=1S/C19H26N2O4/c1-4-6-8-13(5-2)12-20-19(23)17-18(22)16(24-3)11-14(21-17)15-9-7-10-25-15/h5-6,8,11,15,22H,4,7,9-10,12H2,1-3H3,(H,20,23)/b8-6-,13-5+. The zero-order valence-corrected chi connectivity index (χ0v) is 15.0. The van der Waals surface area contributed by atoms with Crippen LogP contribution in [0, 0.1) is 0 Å². The number of hydrogen-bond donors (Lipinski definition) is 2. The number of allylic oxidation sites excluding steroid dienone is 2. The molecule has 0 aromatic carbocycles. The maximum atomic E-state index is 12.5. The average molecular weight is 346 g/mol. The first-order valence-electron chi connectivity index (χ1n) is 8.60. The van der Waals surface area contributed by atoms with Crippen LogP contribution in [-0.4, -0.2) is 36.3 Å². The van der Waals surface area contributed by atoms with E-state index in [1.165, 1.54) is 7.11 Å².